The summed E-state index contributed by atoms with van der Waals surface area (Å²) < 4.78 is 7.53. The van der Waals surface area contributed by atoms with Crippen LogP contribution in [0.25, 0.3) is 130 Å². The Bertz CT molecular complexity index is 4180. The highest BCUT2D eigenvalue weighted by Gasteiger charge is 2.21. The summed E-state index contributed by atoms with van der Waals surface area (Å²) in [6.07, 6.45) is 1.94. The van der Waals surface area contributed by atoms with Gasteiger partial charge in [0.15, 0.2) is 0 Å². The lowest BCUT2D eigenvalue weighted by molar-refractivity contribution is 1.18. The van der Waals surface area contributed by atoms with Gasteiger partial charge in [-0.1, -0.05) is 158 Å². The molecule has 0 spiro atoms. The summed E-state index contributed by atoms with van der Waals surface area (Å²) in [4.78, 5) is 10.5. The van der Waals surface area contributed by atoms with Crippen LogP contribution in [0.5, 0.6) is 0 Å². The summed E-state index contributed by atoms with van der Waals surface area (Å²) in [6.45, 7) is 0. The van der Waals surface area contributed by atoms with Crippen LogP contribution in [-0.4, -0.2) is 19.1 Å². The van der Waals surface area contributed by atoms with E-state index in [2.05, 4.69) is 209 Å². The smallest absolute Gasteiger partial charge is 0.0979 e. The average molecular weight is 819 g/mol. The second kappa shape index (κ2) is 13.2. The van der Waals surface area contributed by atoms with Crippen molar-refractivity contribution in [3.05, 3.63) is 206 Å². The highest BCUT2D eigenvalue weighted by atomic mass is 32.1. The third-order valence-electron chi connectivity index (χ3n) is 13.1. The minimum Gasteiger partial charge on any atom is -0.309 e. The summed E-state index contributed by atoms with van der Waals surface area (Å²) in [5.74, 6) is 0. The van der Waals surface area contributed by atoms with Gasteiger partial charge in [-0.05, 0) is 64.4 Å². The van der Waals surface area contributed by atoms with Crippen molar-refractivity contribution in [2.75, 3.05) is 0 Å². The van der Waals surface area contributed by atoms with E-state index < -0.39 is 0 Å². The SMILES string of the molecule is c1ccc(-c2cccc3c2sc2c(-n4c5ccccc5c5cc6c(cc54)c4ccccc4n6-c4cccc(-c5cnc6c7ccccc7c7ccccc7c6n5)c4)cccc23)cc1. The highest BCUT2D eigenvalue weighted by Crippen LogP contribution is 2.46. The monoisotopic (exact) mass is 818 g/mol. The maximum Gasteiger partial charge on any atom is 0.0979 e. The van der Waals surface area contributed by atoms with Gasteiger partial charge in [-0.15, -0.1) is 11.3 Å². The molecule has 4 heterocycles. The number of thiophene rings is 1. The molecule has 0 bridgehead atoms. The number of benzene rings is 10. The maximum absolute atomic E-state index is 5.36. The van der Waals surface area contributed by atoms with E-state index in [4.69, 9.17) is 9.97 Å². The Hall–Kier alpha value is -8.12. The molecule has 0 atom stereocenters. The van der Waals surface area contributed by atoms with Gasteiger partial charge in [0.1, 0.15) is 0 Å². The first-order valence-electron chi connectivity index (χ1n) is 21.4. The van der Waals surface area contributed by atoms with Crippen LogP contribution in [-0.2, 0) is 0 Å². The molecule has 0 saturated carbocycles. The standard InChI is InChI=1S/C58H34N4S/c1-2-15-35(16-3-1)38-25-13-26-45-46-27-14-30-52(58(46)63-57(38)45)62-51-29-11-9-22-42(51)48-32-53-47(33-54(48)62)41-21-8-10-28-50(41)61(53)37-18-12-17-36(31-37)49-34-59-55-43-23-6-4-19-39(43)40-20-5-7-24-44(40)56(55)60-49/h1-34H. The van der Waals surface area contributed by atoms with Crippen LogP contribution in [0, 0.1) is 0 Å². The van der Waals surface area contributed by atoms with Gasteiger partial charge in [-0.25, -0.2) is 4.98 Å². The average Bonchev–Trinajstić information content (AvgIpc) is 4.01. The van der Waals surface area contributed by atoms with Crippen molar-refractivity contribution in [1.82, 2.24) is 19.1 Å². The first-order chi connectivity index (χ1) is 31.3. The van der Waals surface area contributed by atoms with E-state index in [1.807, 2.05) is 17.5 Å². The molecular weight excluding hydrogens is 785 g/mol. The molecule has 0 N–H and O–H groups in total. The molecule has 0 amide bonds. The topological polar surface area (TPSA) is 35.6 Å². The van der Waals surface area contributed by atoms with Crippen molar-refractivity contribution in [3.63, 3.8) is 0 Å². The number of aromatic nitrogens is 4. The molecule has 0 fully saturated rings. The molecule has 0 unspecified atom stereocenters. The van der Waals surface area contributed by atoms with Gasteiger partial charge in [0.2, 0.25) is 0 Å². The van der Waals surface area contributed by atoms with Gasteiger partial charge in [0.05, 0.1) is 55.4 Å². The fraction of sp³-hybridized carbons (Fsp3) is 0. The molecule has 14 rings (SSSR count). The molecular formula is C58H34N4S. The van der Waals surface area contributed by atoms with Crippen molar-refractivity contribution >= 4 is 108 Å². The summed E-state index contributed by atoms with van der Waals surface area (Å²) in [7, 11) is 0. The van der Waals surface area contributed by atoms with Crippen LogP contribution in [0.1, 0.15) is 0 Å². The van der Waals surface area contributed by atoms with Gasteiger partial charge in [0.25, 0.3) is 0 Å². The fourth-order valence-corrected chi connectivity index (χ4v) is 11.7. The number of para-hydroxylation sites is 2. The first-order valence-corrected chi connectivity index (χ1v) is 22.2. The van der Waals surface area contributed by atoms with Crippen LogP contribution in [0.3, 0.4) is 0 Å². The van der Waals surface area contributed by atoms with E-state index in [1.54, 1.807) is 0 Å². The van der Waals surface area contributed by atoms with E-state index >= 15 is 0 Å². The predicted octanol–water partition coefficient (Wildman–Crippen LogP) is 15.8. The third kappa shape index (κ3) is 4.97. The summed E-state index contributed by atoms with van der Waals surface area (Å²) >= 11 is 1.90. The Kier molecular flexibility index (Phi) is 7.24. The largest absolute Gasteiger partial charge is 0.309 e. The maximum atomic E-state index is 5.36. The summed E-state index contributed by atoms with van der Waals surface area (Å²) in [6, 6.07) is 72.7. The predicted molar refractivity (Wildman–Crippen MR) is 267 cm³/mol. The van der Waals surface area contributed by atoms with Crippen LogP contribution in [0.4, 0.5) is 0 Å². The van der Waals surface area contributed by atoms with Crippen molar-refractivity contribution in [1.29, 1.82) is 0 Å². The molecule has 4 nitrogen and oxygen atoms in total. The highest BCUT2D eigenvalue weighted by molar-refractivity contribution is 7.26. The molecule has 0 saturated heterocycles. The molecule has 0 aliphatic rings. The summed E-state index contributed by atoms with van der Waals surface area (Å²) in [5, 5.41) is 12.1. The number of hydrogen-bond donors (Lipinski definition) is 0. The van der Waals surface area contributed by atoms with E-state index in [-0.39, 0.29) is 0 Å². The lowest BCUT2D eigenvalue weighted by Gasteiger charge is -2.12. The Morgan fingerprint density at radius 2 is 0.889 bits per heavy atom. The van der Waals surface area contributed by atoms with Gasteiger partial charge in [-0.3, -0.25) is 4.98 Å². The molecule has 0 radical (unpaired) electrons. The Balaban J connectivity index is 0.989. The molecule has 4 aromatic heterocycles. The van der Waals surface area contributed by atoms with Gasteiger partial charge in [0, 0.05) is 59.0 Å². The second-order valence-corrected chi connectivity index (χ2v) is 17.5. The lowest BCUT2D eigenvalue weighted by Crippen LogP contribution is -1.96. The molecule has 5 heteroatoms. The molecule has 14 aromatic rings. The number of fused-ring (bicyclic) bond motifs is 15. The Morgan fingerprint density at radius 1 is 0.349 bits per heavy atom. The minimum atomic E-state index is 0.849. The zero-order valence-corrected chi connectivity index (χ0v) is 34.6. The number of nitrogens with zero attached hydrogens (tertiary/aromatic N) is 4. The van der Waals surface area contributed by atoms with Crippen LogP contribution in [0.2, 0.25) is 0 Å². The number of rotatable bonds is 4. The quantitative estimate of drug-likeness (QED) is 0.166. The molecule has 292 valence electrons. The van der Waals surface area contributed by atoms with Crippen molar-refractivity contribution in [2.45, 2.75) is 0 Å². The van der Waals surface area contributed by atoms with E-state index in [0.717, 1.165) is 44.3 Å². The third-order valence-corrected chi connectivity index (χ3v) is 14.4. The van der Waals surface area contributed by atoms with Gasteiger partial charge < -0.3 is 9.13 Å². The van der Waals surface area contributed by atoms with Crippen molar-refractivity contribution in [3.8, 4) is 33.8 Å². The lowest BCUT2D eigenvalue weighted by atomic mass is 9.99. The number of hydrogen-bond acceptors (Lipinski definition) is 3. The Labute approximate surface area is 365 Å². The zero-order chi connectivity index (χ0) is 41.2. The van der Waals surface area contributed by atoms with Crippen LogP contribution in [0.15, 0.2) is 206 Å². The summed E-state index contributed by atoms with van der Waals surface area (Å²) in [5.41, 5.74) is 13.2. The first kappa shape index (κ1) is 34.6. The second-order valence-electron chi connectivity index (χ2n) is 16.5. The minimum absolute atomic E-state index is 0.849. The normalized spacial score (nSPS) is 12.1. The molecule has 63 heavy (non-hydrogen) atoms. The van der Waals surface area contributed by atoms with Gasteiger partial charge in [-0.2, -0.15) is 0 Å². The van der Waals surface area contributed by atoms with Crippen molar-refractivity contribution < 1.29 is 0 Å². The molecule has 0 aliphatic carbocycles. The van der Waals surface area contributed by atoms with Crippen LogP contribution < -0.4 is 0 Å². The van der Waals surface area contributed by atoms with E-state index in [1.165, 1.54) is 85.9 Å². The zero-order valence-electron chi connectivity index (χ0n) is 33.8. The molecule has 0 aliphatic heterocycles. The Morgan fingerprint density at radius 3 is 1.62 bits per heavy atom. The van der Waals surface area contributed by atoms with Crippen LogP contribution >= 0.6 is 11.3 Å². The van der Waals surface area contributed by atoms with E-state index in [9.17, 15) is 0 Å². The fourth-order valence-electron chi connectivity index (χ4n) is 10.4. The van der Waals surface area contributed by atoms with E-state index in [0.29, 0.717) is 0 Å². The van der Waals surface area contributed by atoms with Crippen molar-refractivity contribution in [2.24, 2.45) is 0 Å². The van der Waals surface area contributed by atoms with Gasteiger partial charge >= 0.3 is 0 Å². The molecule has 10 aromatic carbocycles.